The summed E-state index contributed by atoms with van der Waals surface area (Å²) in [5.74, 6) is 0.0944. The molecule has 1 aromatic heterocycles. The van der Waals surface area contributed by atoms with E-state index in [9.17, 15) is 4.79 Å². The highest BCUT2D eigenvalue weighted by Crippen LogP contribution is 2.31. The monoisotopic (exact) mass is 248 g/mol. The first-order valence-corrected chi connectivity index (χ1v) is 6.75. The van der Waals surface area contributed by atoms with Crippen molar-refractivity contribution in [2.75, 3.05) is 13.6 Å². The van der Waals surface area contributed by atoms with Crippen LogP contribution in [0.5, 0.6) is 0 Å². The van der Waals surface area contributed by atoms with Crippen molar-refractivity contribution >= 4 is 5.91 Å². The second-order valence-corrected chi connectivity index (χ2v) is 5.31. The van der Waals surface area contributed by atoms with Gasteiger partial charge in [0.15, 0.2) is 0 Å². The van der Waals surface area contributed by atoms with Gasteiger partial charge < -0.3 is 5.32 Å². The highest BCUT2D eigenvalue weighted by molar-refractivity contribution is 5.76. The minimum atomic E-state index is 0.0944. The fourth-order valence-electron chi connectivity index (χ4n) is 2.91. The molecule has 0 spiro atoms. The number of carbonyl (C=O) groups is 1. The van der Waals surface area contributed by atoms with E-state index < -0.39 is 0 Å². The fourth-order valence-corrected chi connectivity index (χ4v) is 2.91. The van der Waals surface area contributed by atoms with Gasteiger partial charge in [-0.05, 0) is 18.9 Å². The van der Waals surface area contributed by atoms with E-state index >= 15 is 0 Å². The van der Waals surface area contributed by atoms with Gasteiger partial charge in [0.25, 0.3) is 0 Å². The number of rotatable bonds is 3. The second kappa shape index (κ2) is 4.72. The van der Waals surface area contributed by atoms with E-state index in [0.29, 0.717) is 6.42 Å². The van der Waals surface area contributed by atoms with Crippen molar-refractivity contribution in [3.8, 4) is 0 Å². The summed E-state index contributed by atoms with van der Waals surface area (Å²) in [6.07, 6.45) is 6.33. The molecule has 1 aromatic rings. The van der Waals surface area contributed by atoms with Crippen molar-refractivity contribution in [2.45, 2.75) is 44.3 Å². The third kappa shape index (κ3) is 2.03. The molecule has 98 valence electrons. The zero-order valence-electron chi connectivity index (χ0n) is 10.8. The van der Waals surface area contributed by atoms with Gasteiger partial charge in [-0.1, -0.05) is 6.42 Å². The van der Waals surface area contributed by atoms with E-state index in [1.807, 2.05) is 10.9 Å². The van der Waals surface area contributed by atoms with Crippen LogP contribution in [0.25, 0.3) is 0 Å². The van der Waals surface area contributed by atoms with E-state index in [2.05, 4.69) is 21.4 Å². The first-order valence-electron chi connectivity index (χ1n) is 6.75. The number of amides is 1. The molecule has 1 aliphatic heterocycles. The van der Waals surface area contributed by atoms with Crippen molar-refractivity contribution in [1.82, 2.24) is 20.0 Å². The van der Waals surface area contributed by atoms with Gasteiger partial charge in [-0.2, -0.15) is 5.10 Å². The molecule has 5 heteroatoms. The predicted octanol–water partition coefficient (Wildman–Crippen LogP) is 0.928. The number of hydrogen-bond acceptors (Lipinski definition) is 3. The number of nitrogens with zero attached hydrogens (tertiary/aromatic N) is 3. The van der Waals surface area contributed by atoms with E-state index in [1.165, 1.54) is 25.0 Å². The van der Waals surface area contributed by atoms with Crippen LogP contribution >= 0.6 is 0 Å². The van der Waals surface area contributed by atoms with Crippen LogP contribution in [0.2, 0.25) is 0 Å². The molecule has 1 fully saturated rings. The highest BCUT2D eigenvalue weighted by Gasteiger charge is 2.33. The molecule has 2 aliphatic rings. The highest BCUT2D eigenvalue weighted by atomic mass is 16.1. The lowest BCUT2D eigenvalue weighted by atomic mass is 9.90. The summed E-state index contributed by atoms with van der Waals surface area (Å²) in [5.41, 5.74) is 1.24. The molecule has 0 aromatic carbocycles. The van der Waals surface area contributed by atoms with Gasteiger partial charge in [-0.3, -0.25) is 14.4 Å². The quantitative estimate of drug-likeness (QED) is 0.865. The molecule has 1 N–H and O–H groups in total. The Morgan fingerprint density at radius 2 is 2.39 bits per heavy atom. The molecule has 0 radical (unpaired) electrons. The number of nitrogens with one attached hydrogen (secondary N) is 1. The van der Waals surface area contributed by atoms with Gasteiger partial charge in [0.2, 0.25) is 5.91 Å². The molecule has 0 unspecified atom stereocenters. The van der Waals surface area contributed by atoms with Crippen molar-refractivity contribution in [2.24, 2.45) is 0 Å². The molecule has 0 saturated heterocycles. The van der Waals surface area contributed by atoms with Crippen LogP contribution in [0.3, 0.4) is 0 Å². The van der Waals surface area contributed by atoms with Crippen molar-refractivity contribution in [3.05, 3.63) is 18.0 Å². The van der Waals surface area contributed by atoms with Gasteiger partial charge in [-0.25, -0.2) is 0 Å². The molecule has 3 rings (SSSR count). The molecule has 5 nitrogen and oxygen atoms in total. The van der Waals surface area contributed by atoms with Crippen LogP contribution in [0.15, 0.2) is 12.3 Å². The van der Waals surface area contributed by atoms with Crippen LogP contribution in [-0.2, 0) is 11.3 Å². The maximum absolute atomic E-state index is 11.6. The maximum Gasteiger partial charge on any atom is 0.221 e. The third-order valence-electron chi connectivity index (χ3n) is 4.20. The van der Waals surface area contributed by atoms with E-state index in [-0.39, 0.29) is 11.9 Å². The lowest BCUT2D eigenvalue weighted by Crippen LogP contribution is -2.47. The van der Waals surface area contributed by atoms with E-state index in [1.54, 1.807) is 7.05 Å². The van der Waals surface area contributed by atoms with E-state index in [0.717, 1.165) is 19.1 Å². The van der Waals surface area contributed by atoms with Gasteiger partial charge in [0, 0.05) is 32.4 Å². The Morgan fingerprint density at radius 1 is 1.56 bits per heavy atom. The predicted molar refractivity (Wildman–Crippen MR) is 68.0 cm³/mol. The standard InChI is InChI=1S/C13H20N4O/c1-14-13(18)7-12-9-16(10-3-2-4-10)8-11-5-6-15-17(11)12/h5-6,10,12H,2-4,7-9H2,1H3,(H,14,18)/t12-/m1/s1. The Hall–Kier alpha value is -1.36. The maximum atomic E-state index is 11.6. The number of aromatic nitrogens is 2. The minimum absolute atomic E-state index is 0.0944. The molecule has 1 aliphatic carbocycles. The average Bonchev–Trinajstić information content (AvgIpc) is 2.75. The van der Waals surface area contributed by atoms with E-state index in [4.69, 9.17) is 0 Å². The Balaban J connectivity index is 1.77. The van der Waals surface area contributed by atoms with Crippen LogP contribution in [0, 0.1) is 0 Å². The summed E-state index contributed by atoms with van der Waals surface area (Å²) >= 11 is 0. The summed E-state index contributed by atoms with van der Waals surface area (Å²) < 4.78 is 2.03. The zero-order valence-corrected chi connectivity index (χ0v) is 10.8. The molecule has 0 bridgehead atoms. The first-order chi connectivity index (χ1) is 8.78. The minimum Gasteiger partial charge on any atom is -0.359 e. The van der Waals surface area contributed by atoms with Gasteiger partial charge >= 0.3 is 0 Å². The SMILES string of the molecule is CNC(=O)C[C@@H]1CN(C2CCC2)Cc2ccnn21. The molecule has 2 heterocycles. The summed E-state index contributed by atoms with van der Waals surface area (Å²) in [6, 6.07) is 2.98. The zero-order chi connectivity index (χ0) is 12.5. The number of hydrogen-bond donors (Lipinski definition) is 1. The number of fused-ring (bicyclic) bond motifs is 1. The topological polar surface area (TPSA) is 50.2 Å². The van der Waals surface area contributed by atoms with Crippen LogP contribution in [0.1, 0.15) is 37.4 Å². The Kier molecular flexibility index (Phi) is 3.07. The summed E-state index contributed by atoms with van der Waals surface area (Å²) in [7, 11) is 1.69. The largest absolute Gasteiger partial charge is 0.359 e. The lowest BCUT2D eigenvalue weighted by molar-refractivity contribution is -0.121. The van der Waals surface area contributed by atoms with Gasteiger partial charge in [-0.15, -0.1) is 0 Å². The van der Waals surface area contributed by atoms with Gasteiger partial charge in [0.1, 0.15) is 0 Å². The summed E-state index contributed by atoms with van der Waals surface area (Å²) in [5, 5.41) is 7.08. The molecule has 1 atom stereocenters. The Morgan fingerprint density at radius 3 is 3.06 bits per heavy atom. The third-order valence-corrected chi connectivity index (χ3v) is 4.20. The normalized spacial score (nSPS) is 24.4. The molecule has 1 amide bonds. The lowest BCUT2D eigenvalue weighted by Gasteiger charge is -2.42. The fraction of sp³-hybridized carbons (Fsp3) is 0.692. The number of carbonyl (C=O) groups excluding carboxylic acids is 1. The Labute approximate surface area is 107 Å². The first kappa shape index (κ1) is 11.7. The van der Waals surface area contributed by atoms with Crippen LogP contribution in [-0.4, -0.2) is 40.2 Å². The van der Waals surface area contributed by atoms with Crippen LogP contribution in [0.4, 0.5) is 0 Å². The van der Waals surface area contributed by atoms with Crippen molar-refractivity contribution in [3.63, 3.8) is 0 Å². The van der Waals surface area contributed by atoms with Crippen LogP contribution < -0.4 is 5.32 Å². The smallest absolute Gasteiger partial charge is 0.221 e. The molecular weight excluding hydrogens is 228 g/mol. The average molecular weight is 248 g/mol. The molecular formula is C13H20N4O. The summed E-state index contributed by atoms with van der Waals surface area (Å²) in [4.78, 5) is 14.1. The molecule has 18 heavy (non-hydrogen) atoms. The second-order valence-electron chi connectivity index (χ2n) is 5.31. The van der Waals surface area contributed by atoms with Crippen molar-refractivity contribution < 1.29 is 4.79 Å². The van der Waals surface area contributed by atoms with Crippen molar-refractivity contribution in [1.29, 1.82) is 0 Å². The Bertz CT molecular complexity index is 438. The summed E-state index contributed by atoms with van der Waals surface area (Å²) in [6.45, 7) is 1.93. The van der Waals surface area contributed by atoms with Gasteiger partial charge in [0.05, 0.1) is 18.2 Å². The molecule has 1 saturated carbocycles.